The number of nitrogens with one attached hydrogen (secondary N) is 1. The van der Waals surface area contributed by atoms with Crippen molar-refractivity contribution in [3.05, 3.63) is 0 Å². The smallest absolute Gasteiger partial charge is 0.223 e. The molecule has 0 radical (unpaired) electrons. The third-order valence-corrected chi connectivity index (χ3v) is 3.91. The molecule has 1 amide bonds. The van der Waals surface area contributed by atoms with Gasteiger partial charge in [-0.25, -0.2) is 0 Å². The van der Waals surface area contributed by atoms with Crippen molar-refractivity contribution in [3.8, 4) is 0 Å². The molecular weight excluding hydrogens is 190 g/mol. The summed E-state index contributed by atoms with van der Waals surface area (Å²) in [5.74, 6) is 0.811. The molecule has 3 nitrogen and oxygen atoms in total. The lowest BCUT2D eigenvalue weighted by Gasteiger charge is -2.25. The fourth-order valence-electron chi connectivity index (χ4n) is 2.53. The molecule has 2 aliphatic rings. The van der Waals surface area contributed by atoms with Gasteiger partial charge in [0.1, 0.15) is 0 Å². The summed E-state index contributed by atoms with van der Waals surface area (Å²) in [6.45, 7) is 0.458. The predicted octanol–water partition coefficient (Wildman–Crippen LogP) is 1.45. The van der Waals surface area contributed by atoms with E-state index in [1.807, 2.05) is 0 Å². The Labute approximate surface area is 91.2 Å². The Morgan fingerprint density at radius 3 is 2.40 bits per heavy atom. The van der Waals surface area contributed by atoms with Crippen molar-refractivity contribution in [1.29, 1.82) is 0 Å². The third-order valence-electron chi connectivity index (χ3n) is 3.91. The largest absolute Gasteiger partial charge is 0.391 e. The zero-order valence-corrected chi connectivity index (χ0v) is 9.24. The Kier molecular flexibility index (Phi) is 3.62. The van der Waals surface area contributed by atoms with Gasteiger partial charge in [0, 0.05) is 12.5 Å². The quantitative estimate of drug-likeness (QED) is 0.739. The Morgan fingerprint density at radius 2 is 1.87 bits per heavy atom. The van der Waals surface area contributed by atoms with Crippen LogP contribution in [0.15, 0.2) is 0 Å². The maximum absolute atomic E-state index is 11.5. The van der Waals surface area contributed by atoms with Crippen LogP contribution in [0.4, 0.5) is 0 Å². The van der Waals surface area contributed by atoms with Crippen molar-refractivity contribution in [2.24, 2.45) is 11.8 Å². The predicted molar refractivity (Wildman–Crippen MR) is 58.3 cm³/mol. The van der Waals surface area contributed by atoms with Crippen LogP contribution < -0.4 is 5.32 Å². The minimum atomic E-state index is -0.323. The molecule has 2 N–H and O–H groups in total. The number of rotatable bonds is 4. The first kappa shape index (κ1) is 10.9. The zero-order valence-electron chi connectivity index (χ0n) is 9.24. The second-order valence-corrected chi connectivity index (χ2v) is 4.98. The number of aliphatic hydroxyl groups is 1. The molecule has 1 atom stereocenters. The highest BCUT2D eigenvalue weighted by Gasteiger charge is 2.27. The monoisotopic (exact) mass is 211 g/mol. The van der Waals surface area contributed by atoms with Gasteiger partial charge in [-0.05, 0) is 31.6 Å². The van der Waals surface area contributed by atoms with Crippen LogP contribution in [-0.4, -0.2) is 23.7 Å². The van der Waals surface area contributed by atoms with Crippen LogP contribution in [0, 0.1) is 11.8 Å². The average Bonchev–Trinajstić information content (AvgIpc) is 2.63. The third kappa shape index (κ3) is 2.71. The summed E-state index contributed by atoms with van der Waals surface area (Å²) in [7, 11) is 0. The molecule has 2 rings (SSSR count). The van der Waals surface area contributed by atoms with E-state index in [0.29, 0.717) is 12.5 Å². The summed E-state index contributed by atoms with van der Waals surface area (Å²) >= 11 is 0. The molecule has 0 aromatic carbocycles. The van der Waals surface area contributed by atoms with Crippen LogP contribution >= 0.6 is 0 Å². The second kappa shape index (κ2) is 4.97. The normalized spacial score (nSPS) is 24.9. The summed E-state index contributed by atoms with van der Waals surface area (Å²) in [6, 6.07) is 0. The van der Waals surface area contributed by atoms with Crippen LogP contribution in [-0.2, 0) is 4.79 Å². The summed E-state index contributed by atoms with van der Waals surface area (Å²) in [4.78, 5) is 11.5. The SMILES string of the molecule is O=C(NCC(O)C1CCCC1)C1CCC1. The number of aliphatic hydroxyl groups excluding tert-OH is 1. The lowest BCUT2D eigenvalue weighted by atomic mass is 9.85. The van der Waals surface area contributed by atoms with Crippen LogP contribution in [0.5, 0.6) is 0 Å². The number of amides is 1. The number of carbonyl (C=O) groups is 1. The van der Waals surface area contributed by atoms with Crippen molar-refractivity contribution in [2.75, 3.05) is 6.54 Å². The molecule has 1 unspecified atom stereocenters. The van der Waals surface area contributed by atoms with E-state index in [0.717, 1.165) is 25.7 Å². The molecule has 15 heavy (non-hydrogen) atoms. The van der Waals surface area contributed by atoms with Gasteiger partial charge < -0.3 is 10.4 Å². The Hall–Kier alpha value is -0.570. The second-order valence-electron chi connectivity index (χ2n) is 4.98. The van der Waals surface area contributed by atoms with Crippen LogP contribution in [0.1, 0.15) is 44.9 Å². The first-order chi connectivity index (χ1) is 7.27. The van der Waals surface area contributed by atoms with Crippen molar-refractivity contribution in [2.45, 2.75) is 51.0 Å². The van der Waals surface area contributed by atoms with Gasteiger partial charge in [0.2, 0.25) is 5.91 Å². The number of carbonyl (C=O) groups excluding carboxylic acids is 1. The summed E-state index contributed by atoms with van der Waals surface area (Å²) in [5.41, 5.74) is 0. The van der Waals surface area contributed by atoms with Crippen molar-refractivity contribution in [1.82, 2.24) is 5.32 Å². The van der Waals surface area contributed by atoms with Gasteiger partial charge in [-0.2, -0.15) is 0 Å². The van der Waals surface area contributed by atoms with Gasteiger partial charge in [-0.15, -0.1) is 0 Å². The molecule has 0 spiro atoms. The minimum absolute atomic E-state index is 0.151. The summed E-state index contributed by atoms with van der Waals surface area (Å²) < 4.78 is 0. The molecule has 86 valence electrons. The molecule has 0 aliphatic heterocycles. The van der Waals surface area contributed by atoms with Crippen molar-refractivity contribution < 1.29 is 9.90 Å². The zero-order chi connectivity index (χ0) is 10.7. The molecule has 2 saturated carbocycles. The molecule has 2 fully saturated rings. The van der Waals surface area contributed by atoms with E-state index in [-0.39, 0.29) is 17.9 Å². The maximum atomic E-state index is 11.5. The van der Waals surface area contributed by atoms with Gasteiger partial charge in [0.25, 0.3) is 0 Å². The van der Waals surface area contributed by atoms with E-state index in [9.17, 15) is 9.90 Å². The van der Waals surface area contributed by atoms with Crippen LogP contribution in [0.2, 0.25) is 0 Å². The van der Waals surface area contributed by atoms with Gasteiger partial charge in [-0.1, -0.05) is 19.3 Å². The van der Waals surface area contributed by atoms with Crippen LogP contribution in [0.25, 0.3) is 0 Å². The minimum Gasteiger partial charge on any atom is -0.391 e. The maximum Gasteiger partial charge on any atom is 0.223 e. The molecule has 2 aliphatic carbocycles. The fourth-order valence-corrected chi connectivity index (χ4v) is 2.53. The van der Waals surface area contributed by atoms with Gasteiger partial charge >= 0.3 is 0 Å². The lowest BCUT2D eigenvalue weighted by molar-refractivity contribution is -0.128. The van der Waals surface area contributed by atoms with Crippen molar-refractivity contribution >= 4 is 5.91 Å². The first-order valence-corrected chi connectivity index (χ1v) is 6.23. The molecule has 3 heteroatoms. The summed E-state index contributed by atoms with van der Waals surface area (Å²) in [5, 5.41) is 12.7. The highest BCUT2D eigenvalue weighted by molar-refractivity contribution is 5.79. The fraction of sp³-hybridized carbons (Fsp3) is 0.917. The Balaban J connectivity index is 1.65. The summed E-state index contributed by atoms with van der Waals surface area (Å²) in [6.07, 6.45) is 7.65. The van der Waals surface area contributed by atoms with Crippen molar-refractivity contribution in [3.63, 3.8) is 0 Å². The van der Waals surface area contributed by atoms with E-state index < -0.39 is 0 Å². The number of hydrogen-bond donors (Lipinski definition) is 2. The topological polar surface area (TPSA) is 49.3 Å². The Morgan fingerprint density at radius 1 is 1.20 bits per heavy atom. The van der Waals surface area contributed by atoms with E-state index >= 15 is 0 Å². The lowest BCUT2D eigenvalue weighted by Crippen LogP contribution is -2.40. The highest BCUT2D eigenvalue weighted by atomic mass is 16.3. The number of hydrogen-bond acceptors (Lipinski definition) is 2. The first-order valence-electron chi connectivity index (χ1n) is 6.23. The molecular formula is C12H21NO2. The standard InChI is InChI=1S/C12H21NO2/c14-11(9-4-1-2-5-9)8-13-12(15)10-6-3-7-10/h9-11,14H,1-8H2,(H,13,15). The highest BCUT2D eigenvalue weighted by Crippen LogP contribution is 2.28. The molecule has 0 saturated heterocycles. The van der Waals surface area contributed by atoms with Crippen LogP contribution in [0.3, 0.4) is 0 Å². The van der Waals surface area contributed by atoms with Gasteiger partial charge in [-0.3, -0.25) is 4.79 Å². The molecule has 0 aromatic rings. The Bertz CT molecular complexity index is 220. The molecule has 0 bridgehead atoms. The van der Waals surface area contributed by atoms with Gasteiger partial charge in [0.05, 0.1) is 6.10 Å². The molecule has 0 heterocycles. The van der Waals surface area contributed by atoms with E-state index in [1.165, 1.54) is 19.3 Å². The van der Waals surface area contributed by atoms with E-state index in [2.05, 4.69) is 5.32 Å². The van der Waals surface area contributed by atoms with E-state index in [4.69, 9.17) is 0 Å². The van der Waals surface area contributed by atoms with Gasteiger partial charge in [0.15, 0.2) is 0 Å². The van der Waals surface area contributed by atoms with E-state index in [1.54, 1.807) is 0 Å². The molecule has 0 aromatic heterocycles. The average molecular weight is 211 g/mol.